The summed E-state index contributed by atoms with van der Waals surface area (Å²) in [6, 6.07) is 6.77. The van der Waals surface area contributed by atoms with Crippen LogP contribution in [0.3, 0.4) is 0 Å². The van der Waals surface area contributed by atoms with Crippen LogP contribution in [-0.4, -0.2) is 46.1 Å². The molecule has 0 saturated heterocycles. The van der Waals surface area contributed by atoms with Gasteiger partial charge in [-0.1, -0.05) is 0 Å². The molecule has 0 atom stereocenters. The van der Waals surface area contributed by atoms with Crippen molar-refractivity contribution in [3.63, 3.8) is 0 Å². The highest BCUT2D eigenvalue weighted by atomic mass is 32.2. The third kappa shape index (κ3) is 4.49. The molecule has 0 fully saturated rings. The van der Waals surface area contributed by atoms with E-state index in [0.717, 1.165) is 12.2 Å². The van der Waals surface area contributed by atoms with Crippen LogP contribution in [0.5, 0.6) is 0 Å². The molecule has 0 heterocycles. The first kappa shape index (κ1) is 15.9. The highest BCUT2D eigenvalue weighted by Crippen LogP contribution is 2.17. The van der Waals surface area contributed by atoms with E-state index in [1.807, 2.05) is 13.8 Å². The predicted molar refractivity (Wildman–Crippen MR) is 76.9 cm³/mol. The van der Waals surface area contributed by atoms with E-state index in [4.69, 9.17) is 4.74 Å². The molecule has 0 aromatic heterocycles. The highest BCUT2D eigenvalue weighted by molar-refractivity contribution is 7.89. The van der Waals surface area contributed by atoms with Gasteiger partial charge in [-0.25, -0.2) is 8.42 Å². The van der Waals surface area contributed by atoms with Crippen LogP contribution in [0.15, 0.2) is 29.2 Å². The van der Waals surface area contributed by atoms with Crippen molar-refractivity contribution in [2.75, 3.05) is 38.7 Å². The maximum absolute atomic E-state index is 12.2. The number of rotatable bonds is 8. The largest absolute Gasteiger partial charge is 0.385 e. The zero-order chi connectivity index (χ0) is 14.3. The molecule has 0 bridgehead atoms. The fourth-order valence-corrected chi connectivity index (χ4v) is 2.74. The molecule has 108 valence electrons. The predicted octanol–water partition coefficient (Wildman–Crippen LogP) is 1.78. The van der Waals surface area contributed by atoms with Gasteiger partial charge in [-0.2, -0.15) is 4.31 Å². The number of likely N-dealkylation sites (N-methyl/N-ethyl adjacent to an activating group) is 1. The number of anilines is 1. The molecule has 1 aromatic rings. The van der Waals surface area contributed by atoms with E-state index in [2.05, 4.69) is 5.32 Å². The van der Waals surface area contributed by atoms with Crippen molar-refractivity contribution < 1.29 is 13.2 Å². The van der Waals surface area contributed by atoms with Crippen LogP contribution in [0, 0.1) is 0 Å². The Morgan fingerprint density at radius 3 is 2.37 bits per heavy atom. The van der Waals surface area contributed by atoms with E-state index < -0.39 is 10.0 Å². The molecule has 19 heavy (non-hydrogen) atoms. The maximum atomic E-state index is 12.2. The first-order valence-corrected chi connectivity index (χ1v) is 7.84. The van der Waals surface area contributed by atoms with Gasteiger partial charge in [-0.3, -0.25) is 0 Å². The molecule has 5 nitrogen and oxygen atoms in total. The zero-order valence-corrected chi connectivity index (χ0v) is 12.5. The second-order valence-corrected chi connectivity index (χ2v) is 6.12. The van der Waals surface area contributed by atoms with Gasteiger partial charge < -0.3 is 10.1 Å². The lowest BCUT2D eigenvalue weighted by Gasteiger charge is -2.17. The summed E-state index contributed by atoms with van der Waals surface area (Å²) in [4.78, 5) is 0.299. The average molecular weight is 286 g/mol. The van der Waals surface area contributed by atoms with Crippen molar-refractivity contribution >= 4 is 15.7 Å². The summed E-state index contributed by atoms with van der Waals surface area (Å²) in [5.74, 6) is 0. The third-order valence-electron chi connectivity index (χ3n) is 2.70. The maximum Gasteiger partial charge on any atom is 0.242 e. The SMILES string of the molecule is CCNc1ccc(S(=O)(=O)N(C)CCOCC)cc1. The van der Waals surface area contributed by atoms with Crippen LogP contribution < -0.4 is 5.32 Å². The topological polar surface area (TPSA) is 58.6 Å². The molecule has 1 aromatic carbocycles. The standard InChI is InChI=1S/C13H22N2O3S/c1-4-14-12-6-8-13(9-7-12)19(16,17)15(3)10-11-18-5-2/h6-9,14H,4-5,10-11H2,1-3H3. The minimum Gasteiger partial charge on any atom is -0.385 e. The molecular formula is C13H22N2O3S. The number of nitrogens with zero attached hydrogens (tertiary/aromatic N) is 1. The Kier molecular flexibility index (Phi) is 6.27. The molecule has 0 saturated carbocycles. The number of nitrogens with one attached hydrogen (secondary N) is 1. The van der Waals surface area contributed by atoms with Gasteiger partial charge in [0.25, 0.3) is 0 Å². The second-order valence-electron chi connectivity index (χ2n) is 4.08. The van der Waals surface area contributed by atoms with Crippen LogP contribution in [0.1, 0.15) is 13.8 Å². The van der Waals surface area contributed by atoms with Crippen molar-refractivity contribution in [1.82, 2.24) is 4.31 Å². The second kappa shape index (κ2) is 7.47. The van der Waals surface area contributed by atoms with Crippen molar-refractivity contribution in [2.45, 2.75) is 18.7 Å². The molecule has 0 unspecified atom stereocenters. The van der Waals surface area contributed by atoms with Crippen molar-refractivity contribution in [1.29, 1.82) is 0 Å². The first-order valence-electron chi connectivity index (χ1n) is 6.40. The number of benzene rings is 1. The number of hydrogen-bond acceptors (Lipinski definition) is 4. The van der Waals surface area contributed by atoms with Gasteiger partial charge >= 0.3 is 0 Å². The van der Waals surface area contributed by atoms with E-state index in [0.29, 0.717) is 24.7 Å². The quantitative estimate of drug-likeness (QED) is 0.740. The molecule has 0 spiro atoms. The number of sulfonamides is 1. The van der Waals surface area contributed by atoms with Crippen LogP contribution in [0.4, 0.5) is 5.69 Å². The van der Waals surface area contributed by atoms with Gasteiger partial charge in [-0.05, 0) is 38.1 Å². The Morgan fingerprint density at radius 2 is 1.84 bits per heavy atom. The average Bonchev–Trinajstić information content (AvgIpc) is 2.40. The van der Waals surface area contributed by atoms with Gasteiger partial charge in [0.1, 0.15) is 0 Å². The van der Waals surface area contributed by atoms with Crippen molar-refractivity contribution in [3.8, 4) is 0 Å². The monoisotopic (exact) mass is 286 g/mol. The third-order valence-corrected chi connectivity index (χ3v) is 4.57. The summed E-state index contributed by atoms with van der Waals surface area (Å²) in [5.41, 5.74) is 0.915. The van der Waals surface area contributed by atoms with E-state index in [9.17, 15) is 8.42 Å². The van der Waals surface area contributed by atoms with E-state index in [1.54, 1.807) is 31.3 Å². The van der Waals surface area contributed by atoms with Gasteiger partial charge in [-0.15, -0.1) is 0 Å². The normalized spacial score (nSPS) is 11.8. The molecule has 0 aliphatic rings. The number of ether oxygens (including phenoxy) is 1. The Morgan fingerprint density at radius 1 is 1.21 bits per heavy atom. The summed E-state index contributed by atoms with van der Waals surface area (Å²) in [6.07, 6.45) is 0. The Balaban J connectivity index is 2.75. The van der Waals surface area contributed by atoms with E-state index >= 15 is 0 Å². The molecule has 0 radical (unpaired) electrons. The molecule has 1 rings (SSSR count). The summed E-state index contributed by atoms with van der Waals surface area (Å²) in [7, 11) is -1.86. The van der Waals surface area contributed by atoms with Crippen molar-refractivity contribution in [2.24, 2.45) is 0 Å². The molecule has 0 amide bonds. The first-order chi connectivity index (χ1) is 9.02. The van der Waals surface area contributed by atoms with Gasteiger partial charge in [0.15, 0.2) is 0 Å². The van der Waals surface area contributed by atoms with Crippen molar-refractivity contribution in [3.05, 3.63) is 24.3 Å². The van der Waals surface area contributed by atoms with E-state index in [-0.39, 0.29) is 0 Å². The molecule has 1 N–H and O–H groups in total. The lowest BCUT2D eigenvalue weighted by Crippen LogP contribution is -2.30. The van der Waals surface area contributed by atoms with Gasteiger partial charge in [0.2, 0.25) is 10.0 Å². The number of hydrogen-bond donors (Lipinski definition) is 1. The summed E-state index contributed by atoms with van der Waals surface area (Å²) >= 11 is 0. The van der Waals surface area contributed by atoms with Gasteiger partial charge in [0.05, 0.1) is 11.5 Å². The molecule has 6 heteroatoms. The summed E-state index contributed by atoms with van der Waals surface area (Å²) in [6.45, 7) is 6.03. The van der Waals surface area contributed by atoms with Gasteiger partial charge in [0, 0.05) is 32.4 Å². The fraction of sp³-hybridized carbons (Fsp3) is 0.538. The van der Waals surface area contributed by atoms with Crippen LogP contribution in [0.25, 0.3) is 0 Å². The summed E-state index contributed by atoms with van der Waals surface area (Å²) < 4.78 is 31.0. The minimum atomic E-state index is -3.43. The van der Waals surface area contributed by atoms with Crippen LogP contribution in [-0.2, 0) is 14.8 Å². The fourth-order valence-electron chi connectivity index (χ4n) is 1.59. The Bertz CT molecular complexity index is 471. The summed E-state index contributed by atoms with van der Waals surface area (Å²) in [5, 5.41) is 3.13. The minimum absolute atomic E-state index is 0.299. The highest BCUT2D eigenvalue weighted by Gasteiger charge is 2.20. The molecule has 0 aliphatic heterocycles. The van der Waals surface area contributed by atoms with Crippen LogP contribution >= 0.6 is 0 Å². The Hall–Kier alpha value is -1.11. The molecule has 0 aliphatic carbocycles. The Labute approximate surface area is 115 Å². The lowest BCUT2D eigenvalue weighted by atomic mass is 10.3. The molecular weight excluding hydrogens is 264 g/mol. The van der Waals surface area contributed by atoms with E-state index in [1.165, 1.54) is 4.31 Å². The zero-order valence-electron chi connectivity index (χ0n) is 11.7. The smallest absolute Gasteiger partial charge is 0.242 e. The lowest BCUT2D eigenvalue weighted by molar-refractivity contribution is 0.138. The van der Waals surface area contributed by atoms with Crippen LogP contribution in [0.2, 0.25) is 0 Å².